The number of aromatic nitrogens is 2. The molecule has 1 heterocycles. The van der Waals surface area contributed by atoms with E-state index < -0.39 is 0 Å². The molecule has 0 aliphatic carbocycles. The van der Waals surface area contributed by atoms with Crippen LogP contribution in [0.15, 0.2) is 18.2 Å². The van der Waals surface area contributed by atoms with Crippen LogP contribution in [-0.4, -0.2) is 15.3 Å². The van der Waals surface area contributed by atoms with Crippen LogP contribution < -0.4 is 5.32 Å². The van der Waals surface area contributed by atoms with Crippen molar-refractivity contribution in [2.45, 2.75) is 19.9 Å². The summed E-state index contributed by atoms with van der Waals surface area (Å²) in [6, 6.07) is 4.96. The highest BCUT2D eigenvalue weighted by Crippen LogP contribution is 2.23. The predicted octanol–water partition coefficient (Wildman–Crippen LogP) is 3.07. The summed E-state index contributed by atoms with van der Waals surface area (Å²) in [5.41, 5.74) is 0.741. The van der Waals surface area contributed by atoms with E-state index in [9.17, 15) is 5.11 Å². The molecule has 17 heavy (non-hydrogen) atoms. The van der Waals surface area contributed by atoms with Gasteiger partial charge < -0.3 is 10.4 Å². The highest BCUT2D eigenvalue weighted by atomic mass is 35.5. The van der Waals surface area contributed by atoms with Gasteiger partial charge in [-0.25, -0.2) is 0 Å². The number of phenolic OH excluding ortho intramolecular Hbond substituents is 1. The fourth-order valence-electron chi connectivity index (χ4n) is 1.33. The maximum absolute atomic E-state index is 9.63. The average molecular weight is 270 g/mol. The van der Waals surface area contributed by atoms with Crippen molar-refractivity contribution in [3.63, 3.8) is 0 Å². The third-order valence-corrected chi connectivity index (χ3v) is 3.50. The second kappa shape index (κ2) is 5.33. The van der Waals surface area contributed by atoms with Gasteiger partial charge in [-0.1, -0.05) is 29.9 Å². The minimum atomic E-state index is 0.224. The van der Waals surface area contributed by atoms with Crippen LogP contribution in [0.1, 0.15) is 17.5 Å². The van der Waals surface area contributed by atoms with Gasteiger partial charge in [-0.15, -0.1) is 10.2 Å². The van der Waals surface area contributed by atoms with Crippen LogP contribution in [0, 0.1) is 0 Å². The van der Waals surface area contributed by atoms with Crippen molar-refractivity contribution in [1.82, 2.24) is 10.2 Å². The van der Waals surface area contributed by atoms with Gasteiger partial charge in [0, 0.05) is 17.1 Å². The maximum Gasteiger partial charge on any atom is 0.205 e. The van der Waals surface area contributed by atoms with E-state index in [0.29, 0.717) is 11.6 Å². The highest BCUT2D eigenvalue weighted by molar-refractivity contribution is 7.15. The maximum atomic E-state index is 9.63. The molecule has 0 unspecified atom stereocenters. The number of aryl methyl sites for hydroxylation is 1. The number of hydrogen-bond donors (Lipinski definition) is 2. The minimum absolute atomic E-state index is 0.224. The normalized spacial score (nSPS) is 10.5. The van der Waals surface area contributed by atoms with E-state index >= 15 is 0 Å². The average Bonchev–Trinajstić information content (AvgIpc) is 2.78. The van der Waals surface area contributed by atoms with Gasteiger partial charge in [0.1, 0.15) is 10.8 Å². The number of nitrogens with zero attached hydrogens (tertiary/aromatic N) is 2. The fraction of sp³-hybridized carbons (Fsp3) is 0.273. The molecule has 0 fully saturated rings. The van der Waals surface area contributed by atoms with E-state index in [4.69, 9.17) is 11.6 Å². The van der Waals surface area contributed by atoms with Crippen molar-refractivity contribution in [3.8, 4) is 5.75 Å². The number of anilines is 1. The molecule has 0 radical (unpaired) electrons. The van der Waals surface area contributed by atoms with Gasteiger partial charge in [0.25, 0.3) is 0 Å². The Labute approximate surface area is 108 Å². The molecule has 2 N–H and O–H groups in total. The van der Waals surface area contributed by atoms with E-state index in [0.717, 1.165) is 22.1 Å². The first-order valence-corrected chi connectivity index (χ1v) is 6.42. The van der Waals surface area contributed by atoms with Crippen LogP contribution in [0.4, 0.5) is 5.13 Å². The lowest BCUT2D eigenvalue weighted by atomic mass is 10.2. The van der Waals surface area contributed by atoms with Crippen LogP contribution in [0.5, 0.6) is 5.75 Å². The van der Waals surface area contributed by atoms with Gasteiger partial charge in [0.05, 0.1) is 0 Å². The van der Waals surface area contributed by atoms with Crippen LogP contribution >= 0.6 is 22.9 Å². The molecule has 1 aromatic carbocycles. The molecule has 6 heteroatoms. The molecular weight excluding hydrogens is 258 g/mol. The summed E-state index contributed by atoms with van der Waals surface area (Å²) in [7, 11) is 0. The zero-order chi connectivity index (χ0) is 12.3. The minimum Gasteiger partial charge on any atom is -0.508 e. The smallest absolute Gasteiger partial charge is 0.205 e. The standard InChI is InChI=1S/C11H12ClN3OS/c1-2-10-14-15-11(17-10)13-6-7-5-8(12)3-4-9(7)16/h3-5,16H,2,6H2,1H3,(H,13,15). The summed E-state index contributed by atoms with van der Waals surface area (Å²) in [6.45, 7) is 2.51. The number of phenols is 1. The number of rotatable bonds is 4. The van der Waals surface area contributed by atoms with Crippen molar-refractivity contribution >= 4 is 28.1 Å². The van der Waals surface area contributed by atoms with Crippen molar-refractivity contribution in [3.05, 3.63) is 33.8 Å². The molecule has 1 aromatic heterocycles. The molecule has 0 aliphatic heterocycles. The van der Waals surface area contributed by atoms with Crippen LogP contribution in [-0.2, 0) is 13.0 Å². The zero-order valence-corrected chi connectivity index (χ0v) is 10.8. The first kappa shape index (κ1) is 12.1. The van der Waals surface area contributed by atoms with Crippen molar-refractivity contribution in [1.29, 1.82) is 0 Å². The van der Waals surface area contributed by atoms with Crippen molar-refractivity contribution in [2.24, 2.45) is 0 Å². The van der Waals surface area contributed by atoms with Gasteiger partial charge in [-0.2, -0.15) is 0 Å². The lowest BCUT2D eigenvalue weighted by Crippen LogP contribution is -1.99. The summed E-state index contributed by atoms with van der Waals surface area (Å²) >= 11 is 7.38. The second-order valence-electron chi connectivity index (χ2n) is 3.48. The van der Waals surface area contributed by atoms with Crippen molar-refractivity contribution < 1.29 is 5.11 Å². The summed E-state index contributed by atoms with van der Waals surface area (Å²) < 4.78 is 0. The quantitative estimate of drug-likeness (QED) is 0.896. The third-order valence-electron chi connectivity index (χ3n) is 2.24. The van der Waals surface area contributed by atoms with E-state index in [2.05, 4.69) is 15.5 Å². The molecule has 2 aromatic rings. The van der Waals surface area contributed by atoms with Crippen molar-refractivity contribution in [2.75, 3.05) is 5.32 Å². The molecule has 0 saturated heterocycles. The van der Waals surface area contributed by atoms with Gasteiger partial charge in [0.15, 0.2) is 0 Å². The lowest BCUT2D eigenvalue weighted by molar-refractivity contribution is 0.469. The Morgan fingerprint density at radius 1 is 1.41 bits per heavy atom. The Morgan fingerprint density at radius 3 is 2.94 bits per heavy atom. The largest absolute Gasteiger partial charge is 0.508 e. The summed E-state index contributed by atoms with van der Waals surface area (Å²) in [5.74, 6) is 0.224. The Hall–Kier alpha value is -1.33. The molecule has 0 atom stereocenters. The second-order valence-corrected chi connectivity index (χ2v) is 4.98. The Balaban J connectivity index is 2.04. The number of hydrogen-bond acceptors (Lipinski definition) is 5. The fourth-order valence-corrected chi connectivity index (χ4v) is 2.20. The molecule has 90 valence electrons. The first-order valence-electron chi connectivity index (χ1n) is 5.22. The number of halogens is 1. The molecule has 0 saturated carbocycles. The SMILES string of the molecule is CCc1nnc(NCc2cc(Cl)ccc2O)s1. The topological polar surface area (TPSA) is 58.0 Å². The highest BCUT2D eigenvalue weighted by Gasteiger charge is 2.05. The van der Waals surface area contributed by atoms with Crippen LogP contribution in [0.25, 0.3) is 0 Å². The van der Waals surface area contributed by atoms with Crippen LogP contribution in [0.3, 0.4) is 0 Å². The zero-order valence-electron chi connectivity index (χ0n) is 9.27. The first-order chi connectivity index (χ1) is 8.19. The molecule has 4 nitrogen and oxygen atoms in total. The molecular formula is C11H12ClN3OS. The Kier molecular flexibility index (Phi) is 3.81. The number of nitrogens with one attached hydrogen (secondary N) is 1. The summed E-state index contributed by atoms with van der Waals surface area (Å²) in [5, 5.41) is 23.1. The lowest BCUT2D eigenvalue weighted by Gasteiger charge is -2.05. The van der Waals surface area contributed by atoms with Gasteiger partial charge in [0.2, 0.25) is 5.13 Å². The van der Waals surface area contributed by atoms with E-state index in [-0.39, 0.29) is 5.75 Å². The van der Waals surface area contributed by atoms with Gasteiger partial charge >= 0.3 is 0 Å². The predicted molar refractivity (Wildman–Crippen MR) is 69.7 cm³/mol. The molecule has 0 amide bonds. The summed E-state index contributed by atoms with van der Waals surface area (Å²) in [6.07, 6.45) is 0.877. The van der Waals surface area contributed by atoms with Gasteiger partial charge in [-0.05, 0) is 24.6 Å². The number of benzene rings is 1. The van der Waals surface area contributed by atoms with E-state index in [1.807, 2.05) is 6.92 Å². The monoisotopic (exact) mass is 269 g/mol. The summed E-state index contributed by atoms with van der Waals surface area (Å²) in [4.78, 5) is 0. The number of aromatic hydroxyl groups is 1. The Morgan fingerprint density at radius 2 is 2.24 bits per heavy atom. The third kappa shape index (κ3) is 3.08. The molecule has 0 bridgehead atoms. The Bertz CT molecular complexity index is 515. The van der Waals surface area contributed by atoms with E-state index in [1.54, 1.807) is 18.2 Å². The van der Waals surface area contributed by atoms with Crippen LogP contribution in [0.2, 0.25) is 5.02 Å². The molecule has 0 spiro atoms. The molecule has 0 aliphatic rings. The van der Waals surface area contributed by atoms with E-state index in [1.165, 1.54) is 11.3 Å². The molecule has 2 rings (SSSR count). The van der Waals surface area contributed by atoms with Gasteiger partial charge in [-0.3, -0.25) is 0 Å².